The third-order valence-corrected chi connectivity index (χ3v) is 7.54. The van der Waals surface area contributed by atoms with Gasteiger partial charge >= 0.3 is 5.97 Å². The first kappa shape index (κ1) is 33.0. The summed E-state index contributed by atoms with van der Waals surface area (Å²) in [6.07, 6.45) is 5.06. The van der Waals surface area contributed by atoms with Crippen LogP contribution in [0, 0.1) is 0 Å². The average Bonchev–Trinajstić information content (AvgIpc) is 3.32. The van der Waals surface area contributed by atoms with Crippen molar-refractivity contribution in [3.63, 3.8) is 0 Å². The minimum Gasteiger partial charge on any atom is -0.504 e. The van der Waals surface area contributed by atoms with Crippen LogP contribution in [-0.2, 0) is 19.2 Å². The quantitative estimate of drug-likeness (QED) is 0.102. The molecule has 0 aliphatic carbocycles. The number of carbonyl (C=O) groups is 7. The molecule has 244 valence electrons. The molecule has 48 heavy (non-hydrogen) atoms. The van der Waals surface area contributed by atoms with E-state index in [-0.39, 0.29) is 59.0 Å². The van der Waals surface area contributed by atoms with Crippen LogP contribution in [0.3, 0.4) is 0 Å². The number of nitrogens with one attached hydrogen (secondary N) is 1. The molecule has 2 heterocycles. The number of imide groups is 2. The van der Waals surface area contributed by atoms with E-state index < -0.39 is 47.2 Å². The van der Waals surface area contributed by atoms with Gasteiger partial charge < -0.3 is 19.3 Å². The number of phenolic OH excluding ortho intramolecular Hbond substituents is 1. The molecule has 1 saturated heterocycles. The molecule has 3 aromatic rings. The Labute approximate surface area is 273 Å². The van der Waals surface area contributed by atoms with Crippen LogP contribution < -0.4 is 19.5 Å². The second-order valence-electron chi connectivity index (χ2n) is 10.7. The summed E-state index contributed by atoms with van der Waals surface area (Å²) in [5, 5.41) is 11.8. The molecule has 13 nitrogen and oxygen atoms in total. The summed E-state index contributed by atoms with van der Waals surface area (Å²) >= 11 is 0. The van der Waals surface area contributed by atoms with Gasteiger partial charge in [-0.2, -0.15) is 0 Å². The van der Waals surface area contributed by atoms with E-state index in [4.69, 9.17) is 14.2 Å². The van der Waals surface area contributed by atoms with Crippen molar-refractivity contribution in [2.24, 2.45) is 0 Å². The van der Waals surface area contributed by atoms with Gasteiger partial charge in [-0.05, 0) is 72.2 Å². The van der Waals surface area contributed by atoms with Gasteiger partial charge in [0.05, 0.1) is 37.3 Å². The summed E-state index contributed by atoms with van der Waals surface area (Å²) in [6, 6.07) is 11.7. The Morgan fingerprint density at radius 1 is 0.812 bits per heavy atom. The van der Waals surface area contributed by atoms with Crippen LogP contribution in [0.5, 0.6) is 23.0 Å². The van der Waals surface area contributed by atoms with Crippen molar-refractivity contribution in [2.75, 3.05) is 14.2 Å². The highest BCUT2D eigenvalue weighted by atomic mass is 16.6. The lowest BCUT2D eigenvalue weighted by Crippen LogP contribution is -2.54. The van der Waals surface area contributed by atoms with Gasteiger partial charge in [-0.3, -0.25) is 39.0 Å². The van der Waals surface area contributed by atoms with E-state index in [0.717, 1.165) is 4.90 Å². The Hall–Kier alpha value is -6.37. The van der Waals surface area contributed by atoms with Crippen molar-refractivity contribution >= 4 is 53.3 Å². The van der Waals surface area contributed by atoms with E-state index in [2.05, 4.69) is 5.32 Å². The molecular formula is C35H28N2O11. The standard InChI is InChI=1S/C35H28N2O11/c1-46-29-15-19(5-12-27(29)40)3-8-22(38)18-23(39)9-4-20-6-13-28(30(16-20)47-2)48-35(45)21-7-10-24-25(17-21)34(44)37(33(24)43)26-11-14-31(41)36-32(26)42/h3-10,12-13,15-17,26,40H,11,14,18H2,1-2H3,(H,36,41,42)/b8-3+,9-4+. The topological polar surface area (TPSA) is 183 Å². The molecule has 4 amide bonds. The Balaban J connectivity index is 1.21. The molecule has 0 spiro atoms. The van der Waals surface area contributed by atoms with Crippen molar-refractivity contribution in [1.82, 2.24) is 10.2 Å². The molecule has 1 atom stereocenters. The number of esters is 1. The zero-order valence-corrected chi connectivity index (χ0v) is 25.7. The van der Waals surface area contributed by atoms with Crippen molar-refractivity contribution in [3.8, 4) is 23.0 Å². The molecule has 0 aromatic heterocycles. The summed E-state index contributed by atoms with van der Waals surface area (Å²) in [5.74, 6) is -4.06. The summed E-state index contributed by atoms with van der Waals surface area (Å²) in [6.45, 7) is 0. The number of ether oxygens (including phenoxy) is 3. The number of fused-ring (bicyclic) bond motifs is 1. The lowest BCUT2D eigenvalue weighted by atomic mass is 10.0. The van der Waals surface area contributed by atoms with E-state index in [1.54, 1.807) is 18.2 Å². The summed E-state index contributed by atoms with van der Waals surface area (Å²) in [5.41, 5.74) is 1.01. The normalized spacial score (nSPS) is 15.9. The van der Waals surface area contributed by atoms with Crippen LogP contribution in [0.25, 0.3) is 12.2 Å². The zero-order valence-electron chi connectivity index (χ0n) is 25.7. The number of benzene rings is 3. The van der Waals surface area contributed by atoms with Crippen LogP contribution in [0.2, 0.25) is 0 Å². The van der Waals surface area contributed by atoms with Gasteiger partial charge in [0.15, 0.2) is 34.6 Å². The number of piperidine rings is 1. The number of hydrogen-bond donors (Lipinski definition) is 2. The van der Waals surface area contributed by atoms with Gasteiger partial charge in [0.25, 0.3) is 11.8 Å². The maximum Gasteiger partial charge on any atom is 0.343 e. The van der Waals surface area contributed by atoms with Gasteiger partial charge in [-0.25, -0.2) is 4.79 Å². The van der Waals surface area contributed by atoms with Gasteiger partial charge in [0.2, 0.25) is 11.8 Å². The number of ketones is 2. The molecule has 2 aliphatic heterocycles. The highest BCUT2D eigenvalue weighted by Crippen LogP contribution is 2.32. The van der Waals surface area contributed by atoms with Crippen molar-refractivity contribution < 1.29 is 52.9 Å². The van der Waals surface area contributed by atoms with E-state index in [0.29, 0.717) is 11.1 Å². The maximum absolute atomic E-state index is 13.1. The average molecular weight is 653 g/mol. The number of carbonyl (C=O) groups excluding carboxylic acids is 7. The fraction of sp³-hybridized carbons (Fsp3) is 0.171. The first-order valence-corrected chi connectivity index (χ1v) is 14.5. The highest BCUT2D eigenvalue weighted by molar-refractivity contribution is 6.24. The number of allylic oxidation sites excluding steroid dienone is 2. The van der Waals surface area contributed by atoms with E-state index in [1.165, 1.54) is 74.9 Å². The molecule has 1 unspecified atom stereocenters. The second-order valence-corrected chi connectivity index (χ2v) is 10.7. The van der Waals surface area contributed by atoms with Gasteiger partial charge in [0.1, 0.15) is 6.04 Å². The highest BCUT2D eigenvalue weighted by Gasteiger charge is 2.44. The van der Waals surface area contributed by atoms with Gasteiger partial charge in [-0.1, -0.05) is 24.3 Å². The molecule has 5 rings (SSSR count). The minimum atomic E-state index is -1.14. The van der Waals surface area contributed by atoms with Crippen LogP contribution in [0.4, 0.5) is 0 Å². The van der Waals surface area contributed by atoms with Gasteiger partial charge in [0, 0.05) is 6.42 Å². The summed E-state index contributed by atoms with van der Waals surface area (Å²) < 4.78 is 15.9. The van der Waals surface area contributed by atoms with E-state index in [9.17, 15) is 38.7 Å². The Kier molecular flexibility index (Phi) is 9.59. The molecule has 3 aromatic carbocycles. The number of nitrogens with zero attached hydrogens (tertiary/aromatic N) is 1. The molecule has 1 fully saturated rings. The molecule has 0 bridgehead atoms. The van der Waals surface area contributed by atoms with Crippen LogP contribution >= 0.6 is 0 Å². The summed E-state index contributed by atoms with van der Waals surface area (Å²) in [7, 11) is 2.75. The van der Waals surface area contributed by atoms with Crippen LogP contribution in [0.1, 0.15) is 61.5 Å². The smallest absolute Gasteiger partial charge is 0.343 e. The predicted molar refractivity (Wildman–Crippen MR) is 168 cm³/mol. The van der Waals surface area contributed by atoms with Crippen LogP contribution in [-0.4, -0.2) is 71.4 Å². The lowest BCUT2D eigenvalue weighted by Gasteiger charge is -2.27. The Bertz CT molecular complexity index is 1940. The number of aromatic hydroxyl groups is 1. The molecule has 13 heteroatoms. The fourth-order valence-electron chi connectivity index (χ4n) is 5.09. The Morgan fingerprint density at radius 3 is 2.08 bits per heavy atom. The molecule has 2 N–H and O–H groups in total. The Morgan fingerprint density at radius 2 is 1.44 bits per heavy atom. The number of amides is 4. The number of methoxy groups -OCH3 is 2. The van der Waals surface area contributed by atoms with Crippen molar-refractivity contribution in [1.29, 1.82) is 0 Å². The number of phenols is 1. The zero-order chi connectivity index (χ0) is 34.5. The van der Waals surface area contributed by atoms with E-state index >= 15 is 0 Å². The first-order chi connectivity index (χ1) is 23.0. The monoisotopic (exact) mass is 652 g/mol. The lowest BCUT2D eigenvalue weighted by molar-refractivity contribution is -0.136. The largest absolute Gasteiger partial charge is 0.504 e. The molecule has 0 radical (unpaired) electrons. The van der Waals surface area contributed by atoms with E-state index in [1.807, 2.05) is 0 Å². The predicted octanol–water partition coefficient (Wildman–Crippen LogP) is 3.28. The third kappa shape index (κ3) is 7.04. The summed E-state index contributed by atoms with van der Waals surface area (Å²) in [4.78, 5) is 88.3. The molecular weight excluding hydrogens is 624 g/mol. The molecule has 0 saturated carbocycles. The molecule has 2 aliphatic rings. The minimum absolute atomic E-state index is 0.00193. The van der Waals surface area contributed by atoms with Crippen molar-refractivity contribution in [3.05, 3.63) is 94.6 Å². The number of rotatable bonds is 11. The van der Waals surface area contributed by atoms with Gasteiger partial charge in [-0.15, -0.1) is 0 Å². The maximum atomic E-state index is 13.1. The third-order valence-electron chi connectivity index (χ3n) is 7.54. The SMILES string of the molecule is COc1cc(/C=C/C(=O)CC(=O)/C=C/c2ccc(OC(=O)c3ccc4c(c3)C(=O)N(C3CCC(=O)NC3=O)C4=O)c(OC)c2)ccc1O. The number of hydrogen-bond acceptors (Lipinski definition) is 11. The first-order valence-electron chi connectivity index (χ1n) is 14.5. The second kappa shape index (κ2) is 14.0. The van der Waals surface area contributed by atoms with Crippen LogP contribution in [0.15, 0.2) is 66.7 Å². The fourth-order valence-corrected chi connectivity index (χ4v) is 5.09. The van der Waals surface area contributed by atoms with Crippen molar-refractivity contribution in [2.45, 2.75) is 25.3 Å².